The fourth-order valence-corrected chi connectivity index (χ4v) is 3.65. The second-order valence-electron chi connectivity index (χ2n) is 7.44. The lowest BCUT2D eigenvalue weighted by Gasteiger charge is -2.09. The van der Waals surface area contributed by atoms with Gasteiger partial charge in [-0.3, -0.25) is 19.6 Å². The van der Waals surface area contributed by atoms with Crippen LogP contribution in [0.1, 0.15) is 21.5 Å². The highest BCUT2D eigenvalue weighted by Gasteiger charge is 2.12. The first-order valence-electron chi connectivity index (χ1n) is 10.2. The van der Waals surface area contributed by atoms with Gasteiger partial charge in [0.05, 0.1) is 28.4 Å². The molecule has 1 aromatic heterocycles. The van der Waals surface area contributed by atoms with Crippen LogP contribution in [0.25, 0.3) is 0 Å². The van der Waals surface area contributed by atoms with Gasteiger partial charge in [0, 0.05) is 34.5 Å². The van der Waals surface area contributed by atoms with Crippen molar-refractivity contribution in [1.29, 1.82) is 0 Å². The number of aromatic nitrogens is 2. The number of nitrogens with one attached hydrogen (secondary N) is 1. The van der Waals surface area contributed by atoms with Gasteiger partial charge < -0.3 is 10.1 Å². The van der Waals surface area contributed by atoms with Crippen molar-refractivity contribution in [2.45, 2.75) is 13.2 Å². The average Bonchev–Trinajstić information content (AvgIpc) is 3.27. The molecule has 0 saturated heterocycles. The smallest absolute Gasteiger partial charge is 0.271 e. The van der Waals surface area contributed by atoms with E-state index >= 15 is 0 Å². The molecule has 0 aliphatic heterocycles. The van der Waals surface area contributed by atoms with E-state index in [0.717, 1.165) is 5.56 Å². The molecule has 8 nitrogen and oxygen atoms in total. The summed E-state index contributed by atoms with van der Waals surface area (Å²) in [7, 11) is 0. The molecule has 0 unspecified atom stereocenters. The number of nitro groups is 1. The third-order valence-electron chi connectivity index (χ3n) is 5.01. The fourth-order valence-electron chi connectivity index (χ4n) is 3.20. The maximum atomic E-state index is 14.0. The van der Waals surface area contributed by atoms with Crippen molar-refractivity contribution in [2.24, 2.45) is 0 Å². The molecule has 1 amide bonds. The molecule has 1 heterocycles. The van der Waals surface area contributed by atoms with Crippen LogP contribution in [0.5, 0.6) is 5.75 Å². The van der Waals surface area contributed by atoms with Gasteiger partial charge in [0.2, 0.25) is 0 Å². The molecule has 0 atom stereocenters. The monoisotopic (exact) mass is 514 g/mol. The van der Waals surface area contributed by atoms with Crippen molar-refractivity contribution >= 4 is 40.5 Å². The van der Waals surface area contributed by atoms with Crippen LogP contribution in [-0.4, -0.2) is 20.6 Å². The van der Waals surface area contributed by atoms with E-state index in [0.29, 0.717) is 27.6 Å². The fraction of sp³-hybridized carbons (Fsp3) is 0.0833. The molecule has 3 aromatic carbocycles. The van der Waals surface area contributed by atoms with Crippen LogP contribution in [0.15, 0.2) is 73.1 Å². The highest BCUT2D eigenvalue weighted by molar-refractivity contribution is 6.32. The summed E-state index contributed by atoms with van der Waals surface area (Å²) in [5.74, 6) is -0.467. The highest BCUT2D eigenvalue weighted by atomic mass is 35.5. The van der Waals surface area contributed by atoms with Gasteiger partial charge in [0.15, 0.2) is 0 Å². The number of nitro benzene ring substituents is 1. The van der Waals surface area contributed by atoms with Crippen LogP contribution >= 0.6 is 23.2 Å². The summed E-state index contributed by atoms with van der Waals surface area (Å²) in [5, 5.41) is 18.1. The Balaban J connectivity index is 1.34. The summed E-state index contributed by atoms with van der Waals surface area (Å²) in [6.07, 6.45) is 3.04. The first-order chi connectivity index (χ1) is 16.8. The zero-order valence-corrected chi connectivity index (χ0v) is 19.5. The SMILES string of the molecule is O=C(Nc1cnn(Cc2c(F)cccc2Cl)c1)c1ccc(COc2ccc([N+](=O)[O-])cc2Cl)cc1. The van der Waals surface area contributed by atoms with E-state index in [9.17, 15) is 19.3 Å². The number of hydrogen-bond acceptors (Lipinski definition) is 5. The van der Waals surface area contributed by atoms with Crippen LogP contribution in [0.4, 0.5) is 15.8 Å². The lowest BCUT2D eigenvalue weighted by atomic mass is 10.1. The Bertz CT molecular complexity index is 1370. The normalized spacial score (nSPS) is 10.7. The molecule has 1 N–H and O–H groups in total. The maximum absolute atomic E-state index is 14.0. The Morgan fingerprint density at radius 2 is 1.89 bits per heavy atom. The lowest BCUT2D eigenvalue weighted by molar-refractivity contribution is -0.384. The molecule has 11 heteroatoms. The van der Waals surface area contributed by atoms with Crippen molar-refractivity contribution < 1.29 is 18.8 Å². The average molecular weight is 515 g/mol. The Labute approximate surface area is 209 Å². The summed E-state index contributed by atoms with van der Waals surface area (Å²) in [5.41, 5.74) is 1.81. The molecule has 4 aromatic rings. The Hall–Kier alpha value is -3.95. The van der Waals surface area contributed by atoms with E-state index in [4.69, 9.17) is 27.9 Å². The number of amides is 1. The molecule has 0 saturated carbocycles. The minimum Gasteiger partial charge on any atom is -0.487 e. The van der Waals surface area contributed by atoms with E-state index in [1.54, 1.807) is 36.5 Å². The first kappa shape index (κ1) is 24.2. The number of carbonyl (C=O) groups is 1. The molecule has 0 spiro atoms. The van der Waals surface area contributed by atoms with E-state index < -0.39 is 10.7 Å². The third-order valence-corrected chi connectivity index (χ3v) is 5.66. The summed E-state index contributed by atoms with van der Waals surface area (Å²) in [4.78, 5) is 22.8. The first-order valence-corrected chi connectivity index (χ1v) is 11.0. The Kier molecular flexibility index (Phi) is 7.28. The summed E-state index contributed by atoms with van der Waals surface area (Å²) >= 11 is 12.1. The molecule has 0 fully saturated rings. The lowest BCUT2D eigenvalue weighted by Crippen LogP contribution is -2.11. The molecule has 4 rings (SSSR count). The molecule has 0 bridgehead atoms. The van der Waals surface area contributed by atoms with Gasteiger partial charge in [-0.15, -0.1) is 0 Å². The highest BCUT2D eigenvalue weighted by Crippen LogP contribution is 2.29. The Morgan fingerprint density at radius 3 is 2.57 bits per heavy atom. The van der Waals surface area contributed by atoms with Crippen molar-refractivity contribution in [3.63, 3.8) is 0 Å². The van der Waals surface area contributed by atoms with Crippen LogP contribution in [0, 0.1) is 15.9 Å². The molecule has 178 valence electrons. The van der Waals surface area contributed by atoms with Crippen molar-refractivity contribution in [3.8, 4) is 5.75 Å². The van der Waals surface area contributed by atoms with Gasteiger partial charge in [-0.05, 0) is 35.9 Å². The molecule has 0 aliphatic carbocycles. The van der Waals surface area contributed by atoms with Crippen molar-refractivity contribution in [3.05, 3.63) is 116 Å². The van der Waals surface area contributed by atoms with Crippen LogP contribution in [0.3, 0.4) is 0 Å². The number of nitrogens with zero attached hydrogens (tertiary/aromatic N) is 3. The van der Waals surface area contributed by atoms with Gasteiger partial charge in [0.25, 0.3) is 11.6 Å². The van der Waals surface area contributed by atoms with Gasteiger partial charge in [-0.1, -0.05) is 41.4 Å². The summed E-state index contributed by atoms with van der Waals surface area (Å²) in [6, 6.07) is 15.1. The maximum Gasteiger partial charge on any atom is 0.271 e. The molecule has 0 radical (unpaired) electrons. The topological polar surface area (TPSA) is 99.3 Å². The molecular weight excluding hydrogens is 498 g/mol. The zero-order valence-electron chi connectivity index (χ0n) is 18.0. The van der Waals surface area contributed by atoms with Crippen LogP contribution in [0.2, 0.25) is 10.0 Å². The van der Waals surface area contributed by atoms with Gasteiger partial charge >= 0.3 is 0 Å². The van der Waals surface area contributed by atoms with E-state index in [-0.39, 0.29) is 29.8 Å². The number of rotatable bonds is 8. The number of ether oxygens (including phenoxy) is 1. The quantitative estimate of drug-likeness (QED) is 0.225. The second kappa shape index (κ2) is 10.5. The minimum absolute atomic E-state index is 0.120. The van der Waals surface area contributed by atoms with Crippen molar-refractivity contribution in [2.75, 3.05) is 5.32 Å². The number of halogens is 3. The predicted molar refractivity (Wildman–Crippen MR) is 130 cm³/mol. The Morgan fingerprint density at radius 1 is 1.11 bits per heavy atom. The molecular formula is C24H17Cl2FN4O4. The largest absolute Gasteiger partial charge is 0.487 e. The van der Waals surface area contributed by atoms with Crippen LogP contribution in [-0.2, 0) is 13.2 Å². The van der Waals surface area contributed by atoms with E-state index in [1.165, 1.54) is 41.2 Å². The number of non-ortho nitro benzene ring substituents is 1. The number of benzene rings is 3. The minimum atomic E-state index is -0.539. The summed E-state index contributed by atoms with van der Waals surface area (Å²) < 4.78 is 21.1. The standard InChI is InChI=1S/C24H17Cl2FN4O4/c25-20-2-1-3-22(27)19(20)13-30-12-17(11-28-30)29-24(32)16-6-4-15(5-7-16)14-35-23-9-8-18(31(33)34)10-21(23)26/h1-12H,13-14H2,(H,29,32). The number of carbonyl (C=O) groups excluding carboxylic acids is 1. The van der Waals surface area contributed by atoms with Gasteiger partial charge in [-0.25, -0.2) is 4.39 Å². The van der Waals surface area contributed by atoms with E-state index in [2.05, 4.69) is 10.4 Å². The van der Waals surface area contributed by atoms with E-state index in [1.807, 2.05) is 0 Å². The van der Waals surface area contributed by atoms with Gasteiger partial charge in [0.1, 0.15) is 18.2 Å². The van der Waals surface area contributed by atoms with Gasteiger partial charge in [-0.2, -0.15) is 5.10 Å². The summed E-state index contributed by atoms with van der Waals surface area (Å²) in [6.45, 7) is 0.277. The predicted octanol–water partition coefficient (Wildman–Crippen LogP) is 6.12. The third kappa shape index (κ3) is 5.95. The molecule has 0 aliphatic rings. The zero-order chi connectivity index (χ0) is 24.9. The number of anilines is 1. The van der Waals surface area contributed by atoms with Crippen LogP contribution < -0.4 is 10.1 Å². The molecule has 35 heavy (non-hydrogen) atoms. The second-order valence-corrected chi connectivity index (χ2v) is 8.25. The van der Waals surface area contributed by atoms with Crippen molar-refractivity contribution in [1.82, 2.24) is 9.78 Å². The number of hydrogen-bond donors (Lipinski definition) is 1.